The molecule has 4 heteroatoms. The van der Waals surface area contributed by atoms with Gasteiger partial charge in [-0.2, -0.15) is 0 Å². The molecule has 1 heterocycles. The van der Waals surface area contributed by atoms with Crippen LogP contribution in [0.5, 0.6) is 5.75 Å². The maximum Gasteiger partial charge on any atom is 0.312 e. The number of hydrogen-bond donors (Lipinski definition) is 0. The van der Waals surface area contributed by atoms with Crippen molar-refractivity contribution in [3.05, 3.63) is 24.3 Å². The Balaban J connectivity index is 2.10. The molecule has 16 heavy (non-hydrogen) atoms. The molecule has 0 bridgehead atoms. The fourth-order valence-electron chi connectivity index (χ4n) is 1.93. The van der Waals surface area contributed by atoms with Gasteiger partial charge in [0.25, 0.3) is 0 Å². The van der Waals surface area contributed by atoms with Crippen molar-refractivity contribution in [1.29, 1.82) is 0 Å². The monoisotopic (exact) mass is 219 g/mol. The van der Waals surface area contributed by atoms with E-state index in [0.717, 1.165) is 37.6 Å². The Morgan fingerprint density at radius 2 is 1.88 bits per heavy atom. The molecule has 1 radical (unpaired) electrons. The molecule has 4 nitrogen and oxygen atoms in total. The van der Waals surface area contributed by atoms with Crippen LogP contribution in [0.3, 0.4) is 0 Å². The molecule has 1 aromatic carbocycles. The van der Waals surface area contributed by atoms with Crippen molar-refractivity contribution in [2.45, 2.75) is 0 Å². The minimum absolute atomic E-state index is 0.724. The fourth-order valence-corrected chi connectivity index (χ4v) is 1.93. The van der Waals surface area contributed by atoms with E-state index >= 15 is 0 Å². The van der Waals surface area contributed by atoms with E-state index in [1.807, 2.05) is 30.7 Å². The highest BCUT2D eigenvalue weighted by Crippen LogP contribution is 2.28. The smallest absolute Gasteiger partial charge is 0.312 e. The number of ether oxygens (including phenoxy) is 1. The summed E-state index contributed by atoms with van der Waals surface area (Å²) < 4.78 is 5.32. The molecule has 85 valence electrons. The summed E-state index contributed by atoms with van der Waals surface area (Å²) >= 11 is 0. The van der Waals surface area contributed by atoms with E-state index in [4.69, 9.17) is 4.74 Å². The summed E-state index contributed by atoms with van der Waals surface area (Å²) in [5, 5.41) is 0. The van der Waals surface area contributed by atoms with Crippen LogP contribution in [0.25, 0.3) is 0 Å². The average Bonchev–Trinajstić information content (AvgIpc) is 2.39. The van der Waals surface area contributed by atoms with Gasteiger partial charge in [0.05, 0.1) is 12.8 Å². The SMILES string of the molecule is COc1ccccc1N1CCN([C]=O)CC1. The zero-order valence-electron chi connectivity index (χ0n) is 9.35. The number of piperazine rings is 1. The van der Waals surface area contributed by atoms with Crippen LogP contribution < -0.4 is 9.64 Å². The first-order chi connectivity index (χ1) is 7.85. The van der Waals surface area contributed by atoms with Crippen LogP contribution >= 0.6 is 0 Å². The minimum atomic E-state index is 0.724. The summed E-state index contributed by atoms with van der Waals surface area (Å²) in [6.07, 6.45) is 1.93. The van der Waals surface area contributed by atoms with Crippen LogP contribution in [0.2, 0.25) is 0 Å². The topological polar surface area (TPSA) is 32.8 Å². The van der Waals surface area contributed by atoms with E-state index in [2.05, 4.69) is 4.90 Å². The lowest BCUT2D eigenvalue weighted by molar-refractivity contribution is 0.353. The maximum absolute atomic E-state index is 10.5. The average molecular weight is 219 g/mol. The Labute approximate surface area is 95.4 Å². The van der Waals surface area contributed by atoms with E-state index in [1.54, 1.807) is 12.0 Å². The molecule has 1 saturated heterocycles. The van der Waals surface area contributed by atoms with Crippen molar-refractivity contribution in [3.63, 3.8) is 0 Å². The van der Waals surface area contributed by atoms with Gasteiger partial charge in [-0.3, -0.25) is 4.79 Å². The number of hydrogen-bond acceptors (Lipinski definition) is 3. The highest BCUT2D eigenvalue weighted by molar-refractivity contribution is 5.59. The van der Waals surface area contributed by atoms with Gasteiger partial charge in [-0.25, -0.2) is 0 Å². The zero-order chi connectivity index (χ0) is 11.4. The number of carbonyl (C=O) groups excluding carboxylic acids is 1. The molecule has 0 saturated carbocycles. The lowest BCUT2D eigenvalue weighted by Gasteiger charge is -2.34. The third kappa shape index (κ3) is 2.10. The summed E-state index contributed by atoms with van der Waals surface area (Å²) in [7, 11) is 1.67. The molecule has 0 unspecified atom stereocenters. The summed E-state index contributed by atoms with van der Waals surface area (Å²) in [6, 6.07) is 7.94. The van der Waals surface area contributed by atoms with E-state index in [1.165, 1.54) is 0 Å². The molecule has 0 N–H and O–H groups in total. The van der Waals surface area contributed by atoms with E-state index in [9.17, 15) is 4.79 Å². The molecule has 0 aliphatic carbocycles. The second-order valence-electron chi connectivity index (χ2n) is 3.74. The van der Waals surface area contributed by atoms with Crippen molar-refractivity contribution in [3.8, 4) is 5.75 Å². The first kappa shape index (κ1) is 10.8. The van der Waals surface area contributed by atoms with E-state index < -0.39 is 0 Å². The molecule has 1 fully saturated rings. The molecule has 0 spiro atoms. The molecule has 1 aromatic rings. The number of amides is 1. The van der Waals surface area contributed by atoms with Gasteiger partial charge in [-0.1, -0.05) is 12.1 Å². The molecule has 0 aromatic heterocycles. The molecule has 2 rings (SSSR count). The van der Waals surface area contributed by atoms with Gasteiger partial charge in [-0.15, -0.1) is 0 Å². The molecule has 1 aliphatic rings. The highest BCUT2D eigenvalue weighted by Gasteiger charge is 2.18. The van der Waals surface area contributed by atoms with Crippen molar-refractivity contribution in [2.24, 2.45) is 0 Å². The Bertz CT molecular complexity index is 360. The quantitative estimate of drug-likeness (QED) is 0.756. The number of para-hydroxylation sites is 2. The molecule has 0 atom stereocenters. The van der Waals surface area contributed by atoms with Gasteiger partial charge in [-0.05, 0) is 12.1 Å². The number of anilines is 1. The van der Waals surface area contributed by atoms with Gasteiger partial charge in [0, 0.05) is 26.2 Å². The Morgan fingerprint density at radius 1 is 1.19 bits per heavy atom. The first-order valence-electron chi connectivity index (χ1n) is 5.36. The maximum atomic E-state index is 10.5. The Morgan fingerprint density at radius 3 is 2.50 bits per heavy atom. The van der Waals surface area contributed by atoms with Gasteiger partial charge in [0.2, 0.25) is 0 Å². The lowest BCUT2D eigenvalue weighted by Crippen LogP contribution is -2.45. The highest BCUT2D eigenvalue weighted by atomic mass is 16.5. The standard InChI is InChI=1S/C12H15N2O2/c1-16-12-5-3-2-4-11(12)14-8-6-13(10-15)7-9-14/h2-5H,6-9H2,1H3. The van der Waals surface area contributed by atoms with Crippen molar-refractivity contribution in [1.82, 2.24) is 4.90 Å². The Hall–Kier alpha value is -1.71. The van der Waals surface area contributed by atoms with Gasteiger partial charge >= 0.3 is 6.41 Å². The van der Waals surface area contributed by atoms with Crippen LogP contribution in [0.15, 0.2) is 24.3 Å². The fraction of sp³-hybridized carbons (Fsp3) is 0.417. The minimum Gasteiger partial charge on any atom is -0.495 e. The number of methoxy groups -OCH3 is 1. The predicted molar refractivity (Wildman–Crippen MR) is 62.5 cm³/mol. The van der Waals surface area contributed by atoms with Crippen LogP contribution in [0, 0.1) is 0 Å². The molecular formula is C12H15N2O2. The van der Waals surface area contributed by atoms with Crippen LogP contribution in [-0.2, 0) is 4.79 Å². The second kappa shape index (κ2) is 4.88. The van der Waals surface area contributed by atoms with Gasteiger partial charge in [0.15, 0.2) is 0 Å². The largest absolute Gasteiger partial charge is 0.495 e. The van der Waals surface area contributed by atoms with Crippen LogP contribution in [0.1, 0.15) is 0 Å². The lowest BCUT2D eigenvalue weighted by atomic mass is 10.2. The zero-order valence-corrected chi connectivity index (χ0v) is 9.35. The summed E-state index contributed by atoms with van der Waals surface area (Å²) in [4.78, 5) is 14.4. The van der Waals surface area contributed by atoms with Gasteiger partial charge in [0.1, 0.15) is 5.75 Å². The summed E-state index contributed by atoms with van der Waals surface area (Å²) in [6.45, 7) is 3.11. The molecular weight excluding hydrogens is 204 g/mol. The van der Waals surface area contributed by atoms with E-state index in [-0.39, 0.29) is 0 Å². The predicted octanol–water partition coefficient (Wildman–Crippen LogP) is 0.884. The third-order valence-electron chi connectivity index (χ3n) is 2.83. The third-order valence-corrected chi connectivity index (χ3v) is 2.83. The van der Waals surface area contributed by atoms with Gasteiger partial charge < -0.3 is 14.5 Å². The Kier molecular flexibility index (Phi) is 3.29. The summed E-state index contributed by atoms with van der Waals surface area (Å²) in [5.74, 6) is 0.881. The first-order valence-corrected chi connectivity index (χ1v) is 5.36. The van der Waals surface area contributed by atoms with Crippen molar-refractivity contribution >= 4 is 12.1 Å². The van der Waals surface area contributed by atoms with Crippen LogP contribution in [-0.4, -0.2) is 44.6 Å². The van der Waals surface area contributed by atoms with Crippen molar-refractivity contribution < 1.29 is 9.53 Å². The molecule has 1 aliphatic heterocycles. The number of benzene rings is 1. The number of rotatable bonds is 3. The van der Waals surface area contributed by atoms with Crippen molar-refractivity contribution in [2.75, 3.05) is 38.2 Å². The van der Waals surface area contributed by atoms with E-state index in [0.29, 0.717) is 0 Å². The van der Waals surface area contributed by atoms with Crippen LogP contribution in [0.4, 0.5) is 5.69 Å². The molecule has 1 amide bonds. The second-order valence-corrected chi connectivity index (χ2v) is 3.74. The number of nitrogens with zero attached hydrogens (tertiary/aromatic N) is 2. The summed E-state index contributed by atoms with van der Waals surface area (Å²) in [5.41, 5.74) is 1.09. The normalized spacial score (nSPS) is 16.1.